The quantitative estimate of drug-likeness (QED) is 0.803. The van der Waals surface area contributed by atoms with E-state index in [1.807, 2.05) is 12.3 Å². The van der Waals surface area contributed by atoms with Crippen LogP contribution in [0.25, 0.3) is 0 Å². The zero-order valence-electron chi connectivity index (χ0n) is 12.4. The van der Waals surface area contributed by atoms with Gasteiger partial charge < -0.3 is 10.2 Å². The number of hydrogen-bond donors (Lipinski definition) is 1. The molecule has 102 valence electrons. The van der Waals surface area contributed by atoms with Crippen molar-refractivity contribution in [3.8, 4) is 0 Å². The third-order valence-electron chi connectivity index (χ3n) is 3.50. The Kier molecular flexibility index (Phi) is 6.13. The van der Waals surface area contributed by atoms with Crippen molar-refractivity contribution in [3.63, 3.8) is 0 Å². The average Bonchev–Trinajstić information content (AvgIpc) is 2.38. The van der Waals surface area contributed by atoms with Gasteiger partial charge in [0.05, 0.1) is 0 Å². The van der Waals surface area contributed by atoms with E-state index in [4.69, 9.17) is 0 Å². The number of pyridine rings is 1. The molecule has 0 saturated carbocycles. The van der Waals surface area contributed by atoms with E-state index in [2.05, 4.69) is 56.0 Å². The maximum Gasteiger partial charge on any atom is 0.133 e. The minimum absolute atomic E-state index is 0.343. The average molecular weight is 249 g/mol. The van der Waals surface area contributed by atoms with Gasteiger partial charge in [0.25, 0.3) is 0 Å². The molecular formula is C15H27N3. The molecule has 0 fully saturated rings. The molecule has 0 bridgehead atoms. The van der Waals surface area contributed by atoms with Gasteiger partial charge in [-0.3, -0.25) is 0 Å². The zero-order valence-corrected chi connectivity index (χ0v) is 12.4. The van der Waals surface area contributed by atoms with E-state index in [0.717, 1.165) is 12.4 Å². The van der Waals surface area contributed by atoms with Gasteiger partial charge >= 0.3 is 0 Å². The summed E-state index contributed by atoms with van der Waals surface area (Å²) in [6, 6.07) is 5.06. The summed E-state index contributed by atoms with van der Waals surface area (Å²) in [6.45, 7) is 9.80. The fourth-order valence-corrected chi connectivity index (χ4v) is 2.28. The van der Waals surface area contributed by atoms with Crippen LogP contribution in [-0.4, -0.2) is 24.6 Å². The van der Waals surface area contributed by atoms with Crippen LogP contribution in [0.4, 0.5) is 5.82 Å². The highest BCUT2D eigenvalue weighted by molar-refractivity contribution is 5.48. The molecule has 1 aromatic heterocycles. The SMILES string of the molecule is CCCC(C)N(C)c1ncccc1C(C)NCC. The monoisotopic (exact) mass is 249 g/mol. The van der Waals surface area contributed by atoms with Crippen molar-refractivity contribution in [2.75, 3.05) is 18.5 Å². The summed E-state index contributed by atoms with van der Waals surface area (Å²) in [6.07, 6.45) is 4.28. The second-order valence-electron chi connectivity index (χ2n) is 4.94. The van der Waals surface area contributed by atoms with Crippen LogP contribution in [0.2, 0.25) is 0 Å². The Morgan fingerprint density at radius 2 is 2.06 bits per heavy atom. The first-order chi connectivity index (χ1) is 8.61. The molecule has 0 radical (unpaired) electrons. The maximum absolute atomic E-state index is 4.57. The first kappa shape index (κ1) is 15.0. The minimum atomic E-state index is 0.343. The highest BCUT2D eigenvalue weighted by Gasteiger charge is 2.17. The van der Waals surface area contributed by atoms with E-state index in [1.165, 1.54) is 18.4 Å². The lowest BCUT2D eigenvalue weighted by Gasteiger charge is -2.29. The first-order valence-electron chi connectivity index (χ1n) is 7.02. The van der Waals surface area contributed by atoms with Crippen LogP contribution >= 0.6 is 0 Å². The standard InChI is InChI=1S/C15H27N3/c1-6-9-12(3)18(5)15-14(10-8-11-17-15)13(4)16-7-2/h8,10-13,16H,6-7,9H2,1-5H3. The van der Waals surface area contributed by atoms with E-state index in [-0.39, 0.29) is 0 Å². The Labute approximate surface area is 112 Å². The van der Waals surface area contributed by atoms with E-state index >= 15 is 0 Å². The Morgan fingerprint density at radius 1 is 1.33 bits per heavy atom. The molecule has 1 aromatic rings. The Hall–Kier alpha value is -1.09. The molecule has 1 heterocycles. The third-order valence-corrected chi connectivity index (χ3v) is 3.50. The van der Waals surface area contributed by atoms with Gasteiger partial charge in [0, 0.05) is 30.9 Å². The molecule has 0 saturated heterocycles. The molecule has 0 aliphatic rings. The molecule has 0 aliphatic heterocycles. The van der Waals surface area contributed by atoms with Crippen molar-refractivity contribution in [2.45, 2.75) is 52.6 Å². The number of nitrogens with one attached hydrogen (secondary N) is 1. The Bertz CT molecular complexity index is 351. The summed E-state index contributed by atoms with van der Waals surface area (Å²) in [7, 11) is 2.14. The predicted molar refractivity (Wildman–Crippen MR) is 79.1 cm³/mol. The molecule has 18 heavy (non-hydrogen) atoms. The van der Waals surface area contributed by atoms with Gasteiger partial charge in [-0.2, -0.15) is 0 Å². The molecular weight excluding hydrogens is 222 g/mol. The number of nitrogens with zero attached hydrogens (tertiary/aromatic N) is 2. The van der Waals surface area contributed by atoms with Crippen LogP contribution in [0, 0.1) is 0 Å². The number of hydrogen-bond acceptors (Lipinski definition) is 3. The lowest BCUT2D eigenvalue weighted by atomic mass is 10.1. The van der Waals surface area contributed by atoms with Gasteiger partial charge in [0.2, 0.25) is 0 Å². The number of anilines is 1. The van der Waals surface area contributed by atoms with Gasteiger partial charge in [0.15, 0.2) is 0 Å². The molecule has 3 nitrogen and oxygen atoms in total. The molecule has 0 aromatic carbocycles. The van der Waals surface area contributed by atoms with E-state index in [0.29, 0.717) is 12.1 Å². The van der Waals surface area contributed by atoms with Crippen LogP contribution in [-0.2, 0) is 0 Å². The second kappa shape index (κ2) is 7.37. The van der Waals surface area contributed by atoms with Crippen LogP contribution < -0.4 is 10.2 Å². The van der Waals surface area contributed by atoms with Crippen molar-refractivity contribution in [1.82, 2.24) is 10.3 Å². The van der Waals surface area contributed by atoms with E-state index in [9.17, 15) is 0 Å². The fraction of sp³-hybridized carbons (Fsp3) is 0.667. The molecule has 2 atom stereocenters. The Morgan fingerprint density at radius 3 is 2.67 bits per heavy atom. The highest BCUT2D eigenvalue weighted by Crippen LogP contribution is 2.25. The van der Waals surface area contributed by atoms with Crippen molar-refractivity contribution in [3.05, 3.63) is 23.9 Å². The fourth-order valence-electron chi connectivity index (χ4n) is 2.28. The third kappa shape index (κ3) is 3.70. The first-order valence-corrected chi connectivity index (χ1v) is 7.02. The molecule has 3 heteroatoms. The van der Waals surface area contributed by atoms with Gasteiger partial charge in [-0.25, -0.2) is 4.98 Å². The zero-order chi connectivity index (χ0) is 13.5. The Balaban J connectivity index is 2.93. The van der Waals surface area contributed by atoms with Crippen LogP contribution in [0.1, 0.15) is 52.1 Å². The summed E-state index contributed by atoms with van der Waals surface area (Å²) in [5.41, 5.74) is 1.28. The summed E-state index contributed by atoms with van der Waals surface area (Å²) in [5.74, 6) is 1.10. The van der Waals surface area contributed by atoms with Gasteiger partial charge in [-0.05, 0) is 32.9 Å². The molecule has 1 N–H and O–H groups in total. The summed E-state index contributed by atoms with van der Waals surface area (Å²) in [4.78, 5) is 6.87. The van der Waals surface area contributed by atoms with Crippen molar-refractivity contribution < 1.29 is 0 Å². The summed E-state index contributed by atoms with van der Waals surface area (Å²) < 4.78 is 0. The van der Waals surface area contributed by atoms with Crippen molar-refractivity contribution in [2.24, 2.45) is 0 Å². The maximum atomic E-state index is 4.57. The van der Waals surface area contributed by atoms with Gasteiger partial charge in [-0.1, -0.05) is 26.3 Å². The molecule has 0 spiro atoms. The number of aromatic nitrogens is 1. The summed E-state index contributed by atoms with van der Waals surface area (Å²) >= 11 is 0. The summed E-state index contributed by atoms with van der Waals surface area (Å²) in [5, 5.41) is 3.46. The van der Waals surface area contributed by atoms with E-state index < -0.39 is 0 Å². The molecule has 2 unspecified atom stereocenters. The molecule has 0 amide bonds. The van der Waals surface area contributed by atoms with Crippen LogP contribution in [0.5, 0.6) is 0 Å². The van der Waals surface area contributed by atoms with Crippen LogP contribution in [0.3, 0.4) is 0 Å². The highest BCUT2D eigenvalue weighted by atomic mass is 15.2. The number of rotatable bonds is 7. The van der Waals surface area contributed by atoms with Crippen LogP contribution in [0.15, 0.2) is 18.3 Å². The lowest BCUT2D eigenvalue weighted by molar-refractivity contribution is 0.578. The second-order valence-corrected chi connectivity index (χ2v) is 4.94. The smallest absolute Gasteiger partial charge is 0.133 e. The van der Waals surface area contributed by atoms with Gasteiger partial charge in [-0.15, -0.1) is 0 Å². The molecule has 0 aliphatic carbocycles. The topological polar surface area (TPSA) is 28.2 Å². The largest absolute Gasteiger partial charge is 0.357 e. The van der Waals surface area contributed by atoms with E-state index in [1.54, 1.807) is 0 Å². The van der Waals surface area contributed by atoms with Crippen molar-refractivity contribution in [1.29, 1.82) is 0 Å². The normalized spacial score (nSPS) is 14.3. The predicted octanol–water partition coefficient (Wildman–Crippen LogP) is 3.38. The lowest BCUT2D eigenvalue weighted by Crippen LogP contribution is -2.31. The van der Waals surface area contributed by atoms with Gasteiger partial charge in [0.1, 0.15) is 5.82 Å². The van der Waals surface area contributed by atoms with Crippen molar-refractivity contribution >= 4 is 5.82 Å². The minimum Gasteiger partial charge on any atom is -0.357 e. The molecule has 1 rings (SSSR count).